The van der Waals surface area contributed by atoms with Gasteiger partial charge >= 0.3 is 0 Å². The van der Waals surface area contributed by atoms with Gasteiger partial charge in [0.15, 0.2) is 0 Å². The lowest BCUT2D eigenvalue weighted by Crippen LogP contribution is -2.55. The van der Waals surface area contributed by atoms with Gasteiger partial charge in [-0.1, -0.05) is 19.1 Å². The summed E-state index contributed by atoms with van der Waals surface area (Å²) in [5.74, 6) is 4.11. The van der Waals surface area contributed by atoms with Crippen LogP contribution in [-0.2, 0) is 0 Å². The van der Waals surface area contributed by atoms with Crippen LogP contribution in [0.2, 0.25) is 0 Å². The van der Waals surface area contributed by atoms with Gasteiger partial charge in [-0.2, -0.15) is 0 Å². The minimum absolute atomic E-state index is 0.0379. The fourth-order valence-electron chi connectivity index (χ4n) is 8.50. The van der Waals surface area contributed by atoms with Gasteiger partial charge in [-0.3, -0.25) is 0 Å². The average molecular weight is 331 g/mol. The Kier molecular flexibility index (Phi) is 3.53. The Morgan fingerprint density at radius 1 is 0.875 bits per heavy atom. The van der Waals surface area contributed by atoms with E-state index in [-0.39, 0.29) is 12.2 Å². The average Bonchev–Trinajstić information content (AvgIpc) is 2.94. The number of hydrogen-bond donors (Lipinski definition) is 2. The van der Waals surface area contributed by atoms with E-state index in [2.05, 4.69) is 19.1 Å². The molecule has 4 saturated carbocycles. The fraction of sp³-hybridized carbons (Fsp3) is 0.909. The predicted octanol–water partition coefficient (Wildman–Crippen LogP) is 4.31. The van der Waals surface area contributed by atoms with E-state index in [1.165, 1.54) is 44.9 Å². The third kappa shape index (κ3) is 2.02. The standard InChI is InChI=1S/C22H34O2/c1-21-10-8-16(23)12-15(21)3-6-18-19(21)9-11-22-13-17(24)5-2-14(22)4-7-20(18)22/h2,5,14-20,23-24H,3-4,6-13H2,1H3/t14-,15-,16+,17+,18+,19-,20-,21-,22+/m0/s1. The molecule has 2 heteroatoms. The summed E-state index contributed by atoms with van der Waals surface area (Å²) in [6.45, 7) is 2.57. The molecule has 0 aromatic carbocycles. The first kappa shape index (κ1) is 15.9. The van der Waals surface area contributed by atoms with Crippen molar-refractivity contribution in [2.75, 3.05) is 0 Å². The number of aliphatic hydroxyl groups excluding tert-OH is 2. The van der Waals surface area contributed by atoms with Crippen molar-refractivity contribution < 1.29 is 10.2 Å². The molecule has 1 spiro atoms. The molecule has 0 saturated heterocycles. The van der Waals surface area contributed by atoms with Crippen LogP contribution in [0.5, 0.6) is 0 Å². The minimum atomic E-state index is -0.199. The molecule has 0 amide bonds. The number of aliphatic hydroxyl groups is 2. The van der Waals surface area contributed by atoms with Crippen molar-refractivity contribution in [1.29, 1.82) is 0 Å². The normalized spacial score (nSPS) is 59.2. The van der Waals surface area contributed by atoms with Gasteiger partial charge in [0.25, 0.3) is 0 Å². The Bertz CT molecular complexity index is 542. The summed E-state index contributed by atoms with van der Waals surface area (Å²) in [6.07, 6.45) is 16.8. The first-order chi connectivity index (χ1) is 11.5. The van der Waals surface area contributed by atoms with Crippen LogP contribution in [0.3, 0.4) is 0 Å². The zero-order chi connectivity index (χ0) is 16.5. The molecule has 134 valence electrons. The first-order valence-electron chi connectivity index (χ1n) is 10.6. The molecule has 0 aromatic rings. The van der Waals surface area contributed by atoms with Gasteiger partial charge in [0, 0.05) is 0 Å². The molecule has 5 rings (SSSR count). The van der Waals surface area contributed by atoms with Crippen molar-refractivity contribution in [2.24, 2.45) is 40.4 Å². The summed E-state index contributed by atoms with van der Waals surface area (Å²) in [5, 5.41) is 20.5. The van der Waals surface area contributed by atoms with Gasteiger partial charge in [-0.15, -0.1) is 0 Å². The molecule has 4 fully saturated rings. The Labute approximate surface area is 146 Å². The van der Waals surface area contributed by atoms with Gasteiger partial charge in [0.05, 0.1) is 12.2 Å². The Morgan fingerprint density at radius 2 is 1.75 bits per heavy atom. The Balaban J connectivity index is 1.46. The Hall–Kier alpha value is -0.340. The molecule has 2 nitrogen and oxygen atoms in total. The monoisotopic (exact) mass is 330 g/mol. The lowest BCUT2D eigenvalue weighted by Gasteiger charge is -2.62. The molecule has 0 radical (unpaired) electrons. The quantitative estimate of drug-likeness (QED) is 0.650. The summed E-state index contributed by atoms with van der Waals surface area (Å²) < 4.78 is 0. The minimum Gasteiger partial charge on any atom is -0.393 e. The van der Waals surface area contributed by atoms with Crippen molar-refractivity contribution >= 4 is 0 Å². The summed E-state index contributed by atoms with van der Waals surface area (Å²) in [6, 6.07) is 0. The van der Waals surface area contributed by atoms with Gasteiger partial charge in [0.1, 0.15) is 0 Å². The zero-order valence-electron chi connectivity index (χ0n) is 15.2. The van der Waals surface area contributed by atoms with Crippen LogP contribution < -0.4 is 0 Å². The third-order valence-corrected chi connectivity index (χ3v) is 9.58. The van der Waals surface area contributed by atoms with E-state index in [0.717, 1.165) is 48.9 Å². The second-order valence-corrected chi connectivity index (χ2v) is 10.2. The van der Waals surface area contributed by atoms with Crippen LogP contribution in [-0.4, -0.2) is 22.4 Å². The SMILES string of the molecule is C[C@]12CC[C@@H](O)C[C@@H]1CC[C@@H]1[C@@H]2CC[C@@]23C[C@H](O)C=C[C@H]2CC[C@@H]13. The van der Waals surface area contributed by atoms with Gasteiger partial charge < -0.3 is 10.2 Å². The van der Waals surface area contributed by atoms with Crippen LogP contribution in [0, 0.1) is 40.4 Å². The maximum Gasteiger partial charge on any atom is 0.0726 e. The molecule has 5 aliphatic carbocycles. The molecule has 0 aromatic heterocycles. The highest BCUT2D eigenvalue weighted by Crippen LogP contribution is 2.69. The third-order valence-electron chi connectivity index (χ3n) is 9.58. The van der Waals surface area contributed by atoms with Crippen molar-refractivity contribution in [3.8, 4) is 0 Å². The van der Waals surface area contributed by atoms with Crippen molar-refractivity contribution in [3.05, 3.63) is 12.2 Å². The van der Waals surface area contributed by atoms with Crippen LogP contribution in [0.25, 0.3) is 0 Å². The molecule has 0 bridgehead atoms. The second kappa shape index (κ2) is 5.33. The molecule has 0 aliphatic heterocycles. The molecule has 24 heavy (non-hydrogen) atoms. The molecule has 0 heterocycles. The highest BCUT2D eigenvalue weighted by Gasteiger charge is 2.61. The second-order valence-electron chi connectivity index (χ2n) is 10.2. The number of rotatable bonds is 0. The van der Waals surface area contributed by atoms with Crippen LogP contribution in [0.15, 0.2) is 12.2 Å². The van der Waals surface area contributed by atoms with Crippen molar-refractivity contribution in [3.63, 3.8) is 0 Å². The van der Waals surface area contributed by atoms with Crippen molar-refractivity contribution in [2.45, 2.75) is 83.3 Å². The van der Waals surface area contributed by atoms with Gasteiger partial charge in [-0.25, -0.2) is 0 Å². The van der Waals surface area contributed by atoms with Crippen LogP contribution in [0.1, 0.15) is 71.1 Å². The van der Waals surface area contributed by atoms with E-state index >= 15 is 0 Å². The summed E-state index contributed by atoms with van der Waals surface area (Å²) >= 11 is 0. The number of allylic oxidation sites excluding steroid dienone is 1. The summed E-state index contributed by atoms with van der Waals surface area (Å²) in [4.78, 5) is 0. The zero-order valence-corrected chi connectivity index (χ0v) is 15.2. The van der Waals surface area contributed by atoms with E-state index < -0.39 is 0 Å². The smallest absolute Gasteiger partial charge is 0.0726 e. The largest absolute Gasteiger partial charge is 0.393 e. The highest BCUT2D eigenvalue weighted by atomic mass is 16.3. The van der Waals surface area contributed by atoms with E-state index in [1.54, 1.807) is 0 Å². The molecule has 9 atom stereocenters. The highest BCUT2D eigenvalue weighted by molar-refractivity contribution is 5.17. The van der Waals surface area contributed by atoms with E-state index in [4.69, 9.17) is 0 Å². The maximum absolute atomic E-state index is 10.3. The van der Waals surface area contributed by atoms with E-state index in [9.17, 15) is 10.2 Å². The summed E-state index contributed by atoms with van der Waals surface area (Å²) in [5.41, 5.74) is 0.900. The lowest BCUT2D eigenvalue weighted by molar-refractivity contribution is -0.134. The van der Waals surface area contributed by atoms with Gasteiger partial charge in [-0.05, 0) is 105 Å². The lowest BCUT2D eigenvalue weighted by atomic mass is 9.43. The molecule has 0 unspecified atom stereocenters. The van der Waals surface area contributed by atoms with Crippen LogP contribution in [0.4, 0.5) is 0 Å². The van der Waals surface area contributed by atoms with Gasteiger partial charge in [0.2, 0.25) is 0 Å². The first-order valence-corrected chi connectivity index (χ1v) is 10.6. The summed E-state index contributed by atoms with van der Waals surface area (Å²) in [7, 11) is 0. The molecule has 2 N–H and O–H groups in total. The molecular weight excluding hydrogens is 296 g/mol. The predicted molar refractivity (Wildman–Crippen MR) is 95.3 cm³/mol. The van der Waals surface area contributed by atoms with E-state index in [0.29, 0.717) is 10.8 Å². The maximum atomic E-state index is 10.3. The van der Waals surface area contributed by atoms with Crippen molar-refractivity contribution in [1.82, 2.24) is 0 Å². The van der Waals surface area contributed by atoms with E-state index in [1.807, 2.05) is 0 Å². The number of fused-ring (bicyclic) bond motifs is 4. The van der Waals surface area contributed by atoms with Crippen LogP contribution >= 0.6 is 0 Å². The number of hydrogen-bond acceptors (Lipinski definition) is 2. The Morgan fingerprint density at radius 3 is 2.62 bits per heavy atom. The molecular formula is C22H34O2. The topological polar surface area (TPSA) is 40.5 Å². The molecule has 5 aliphatic rings. The fourth-order valence-corrected chi connectivity index (χ4v) is 8.50.